The van der Waals surface area contributed by atoms with Gasteiger partial charge < -0.3 is 20.1 Å². The van der Waals surface area contributed by atoms with E-state index in [0.717, 1.165) is 19.3 Å². The molecule has 2 heterocycles. The highest BCUT2D eigenvalue weighted by Crippen LogP contribution is 2.34. The molecule has 17 heavy (non-hydrogen) atoms. The molecule has 0 radical (unpaired) electrons. The second-order valence-corrected chi connectivity index (χ2v) is 4.79. The summed E-state index contributed by atoms with van der Waals surface area (Å²) in [5, 5.41) is 11.7. The Labute approximate surface area is 99.9 Å². The number of aliphatic carboxylic acids is 1. The number of hydrogen-bond donors (Lipinski definition) is 2. The molecule has 2 bridgehead atoms. The Bertz CT molecular complexity index is 333. The predicted molar refractivity (Wildman–Crippen MR) is 59.7 cm³/mol. The summed E-state index contributed by atoms with van der Waals surface area (Å²) in [7, 11) is 1.49. The number of carboxylic acid groups (broad SMARTS) is 1. The summed E-state index contributed by atoms with van der Waals surface area (Å²) >= 11 is 0. The van der Waals surface area contributed by atoms with Crippen molar-refractivity contribution in [3.8, 4) is 0 Å². The summed E-state index contributed by atoms with van der Waals surface area (Å²) in [6.07, 6.45) is 3.27. The normalized spacial score (nSPS) is 32.2. The van der Waals surface area contributed by atoms with E-state index < -0.39 is 12.0 Å². The molecule has 2 amide bonds. The number of likely N-dealkylation sites (N-methyl/N-ethyl adjacent to an activating group) is 1. The summed E-state index contributed by atoms with van der Waals surface area (Å²) in [6, 6.07) is -1.14. The number of urea groups is 1. The van der Waals surface area contributed by atoms with E-state index in [0.29, 0.717) is 0 Å². The zero-order valence-corrected chi connectivity index (χ0v) is 10.0. The lowest BCUT2D eigenvalue weighted by Gasteiger charge is -2.26. The van der Waals surface area contributed by atoms with Crippen LogP contribution in [0.2, 0.25) is 0 Å². The molecule has 0 aromatic heterocycles. The quantitative estimate of drug-likeness (QED) is 0.751. The Morgan fingerprint density at radius 1 is 1.47 bits per heavy atom. The highest BCUT2D eigenvalue weighted by Gasteiger charge is 2.42. The Morgan fingerprint density at radius 3 is 2.65 bits per heavy atom. The zero-order valence-electron chi connectivity index (χ0n) is 10.0. The molecule has 0 aromatic rings. The topological polar surface area (TPSA) is 78.9 Å². The van der Waals surface area contributed by atoms with Crippen LogP contribution >= 0.6 is 0 Å². The minimum atomic E-state index is -1.01. The van der Waals surface area contributed by atoms with Gasteiger partial charge in [-0.3, -0.25) is 0 Å². The molecule has 2 aliphatic heterocycles. The number of hydrogen-bond acceptors (Lipinski definition) is 3. The van der Waals surface area contributed by atoms with Crippen molar-refractivity contribution in [3.05, 3.63) is 0 Å². The van der Waals surface area contributed by atoms with Crippen molar-refractivity contribution < 1.29 is 19.4 Å². The first kappa shape index (κ1) is 12.2. The van der Waals surface area contributed by atoms with E-state index in [4.69, 9.17) is 9.84 Å². The molecular formula is C11H18N2O4. The van der Waals surface area contributed by atoms with Gasteiger partial charge in [0.05, 0.1) is 18.2 Å². The molecule has 2 aliphatic rings. The van der Waals surface area contributed by atoms with Crippen molar-refractivity contribution in [3.63, 3.8) is 0 Å². The lowest BCUT2D eigenvalue weighted by Crippen LogP contribution is -2.51. The smallest absolute Gasteiger partial charge is 0.326 e. The van der Waals surface area contributed by atoms with Crippen molar-refractivity contribution in [2.24, 2.45) is 0 Å². The van der Waals surface area contributed by atoms with E-state index in [2.05, 4.69) is 5.32 Å². The Kier molecular flexibility index (Phi) is 3.24. The third-order valence-electron chi connectivity index (χ3n) is 3.67. The molecule has 4 atom stereocenters. The van der Waals surface area contributed by atoms with Gasteiger partial charge in [0.2, 0.25) is 0 Å². The Hall–Kier alpha value is -1.30. The summed E-state index contributed by atoms with van der Waals surface area (Å²) in [6.45, 7) is 1.49. The average Bonchev–Trinajstić information content (AvgIpc) is 2.88. The molecule has 96 valence electrons. The molecule has 2 rings (SSSR count). The number of rotatable bonds is 3. The Balaban J connectivity index is 1.87. The molecule has 0 aliphatic carbocycles. The number of amides is 2. The van der Waals surface area contributed by atoms with Crippen LogP contribution in [0, 0.1) is 0 Å². The standard InChI is InChI=1S/C11H18N2O4/c1-6(10(14)15)13(2)11(16)12-8-5-7-3-4-9(8)17-7/h6-9H,3-5H2,1-2H3,(H,12,16)(H,14,15). The van der Waals surface area contributed by atoms with Crippen molar-refractivity contribution >= 4 is 12.0 Å². The van der Waals surface area contributed by atoms with Gasteiger partial charge in [-0.25, -0.2) is 9.59 Å². The largest absolute Gasteiger partial charge is 0.480 e. The molecule has 2 fully saturated rings. The van der Waals surface area contributed by atoms with E-state index in [-0.39, 0.29) is 24.3 Å². The van der Waals surface area contributed by atoms with E-state index in [9.17, 15) is 9.59 Å². The van der Waals surface area contributed by atoms with Crippen LogP contribution in [-0.4, -0.2) is 53.3 Å². The molecular weight excluding hydrogens is 224 g/mol. The molecule has 2 saturated heterocycles. The van der Waals surface area contributed by atoms with Crippen LogP contribution in [0.5, 0.6) is 0 Å². The maximum Gasteiger partial charge on any atom is 0.326 e. The number of fused-ring (bicyclic) bond motifs is 2. The number of carbonyl (C=O) groups is 2. The van der Waals surface area contributed by atoms with Gasteiger partial charge in [0, 0.05) is 7.05 Å². The monoisotopic (exact) mass is 242 g/mol. The van der Waals surface area contributed by atoms with Crippen LogP contribution in [0.3, 0.4) is 0 Å². The van der Waals surface area contributed by atoms with Crippen LogP contribution in [0.25, 0.3) is 0 Å². The van der Waals surface area contributed by atoms with E-state index in [1.54, 1.807) is 0 Å². The van der Waals surface area contributed by atoms with Crippen molar-refractivity contribution in [1.82, 2.24) is 10.2 Å². The highest BCUT2D eigenvalue weighted by atomic mass is 16.5. The van der Waals surface area contributed by atoms with Gasteiger partial charge >= 0.3 is 12.0 Å². The van der Waals surface area contributed by atoms with Crippen LogP contribution in [0.4, 0.5) is 4.79 Å². The zero-order chi connectivity index (χ0) is 12.6. The van der Waals surface area contributed by atoms with Crippen LogP contribution in [-0.2, 0) is 9.53 Å². The average molecular weight is 242 g/mol. The van der Waals surface area contributed by atoms with Gasteiger partial charge in [-0.2, -0.15) is 0 Å². The highest BCUT2D eigenvalue weighted by molar-refractivity contribution is 5.82. The Morgan fingerprint density at radius 2 is 2.18 bits per heavy atom. The van der Waals surface area contributed by atoms with Gasteiger partial charge in [-0.05, 0) is 26.2 Å². The molecule has 4 unspecified atom stereocenters. The van der Waals surface area contributed by atoms with Gasteiger partial charge in [-0.15, -0.1) is 0 Å². The van der Waals surface area contributed by atoms with E-state index in [1.807, 2.05) is 0 Å². The summed E-state index contributed by atoms with van der Waals surface area (Å²) in [5.74, 6) is -1.01. The third kappa shape index (κ3) is 2.36. The fourth-order valence-electron chi connectivity index (χ4n) is 2.39. The molecule has 6 heteroatoms. The molecule has 0 spiro atoms. The lowest BCUT2D eigenvalue weighted by atomic mass is 9.96. The molecule has 0 saturated carbocycles. The first-order valence-electron chi connectivity index (χ1n) is 5.90. The third-order valence-corrected chi connectivity index (χ3v) is 3.67. The number of carbonyl (C=O) groups excluding carboxylic acids is 1. The predicted octanol–water partition coefficient (Wildman–Crippen LogP) is 0.421. The van der Waals surface area contributed by atoms with Crippen molar-refractivity contribution in [1.29, 1.82) is 0 Å². The van der Waals surface area contributed by atoms with Crippen molar-refractivity contribution in [2.45, 2.75) is 50.5 Å². The minimum Gasteiger partial charge on any atom is -0.480 e. The summed E-state index contributed by atoms with van der Waals surface area (Å²) < 4.78 is 5.62. The maximum absolute atomic E-state index is 11.8. The summed E-state index contributed by atoms with van der Waals surface area (Å²) in [5.41, 5.74) is 0. The van der Waals surface area contributed by atoms with Gasteiger partial charge in [0.1, 0.15) is 6.04 Å². The first-order chi connectivity index (χ1) is 7.99. The number of ether oxygens (including phenoxy) is 1. The second kappa shape index (κ2) is 4.52. The number of carboxylic acids is 1. The van der Waals surface area contributed by atoms with Gasteiger partial charge in [0.25, 0.3) is 0 Å². The van der Waals surface area contributed by atoms with Crippen LogP contribution in [0.1, 0.15) is 26.2 Å². The molecule has 2 N–H and O–H groups in total. The van der Waals surface area contributed by atoms with E-state index >= 15 is 0 Å². The van der Waals surface area contributed by atoms with Gasteiger partial charge in [0.15, 0.2) is 0 Å². The van der Waals surface area contributed by atoms with E-state index in [1.165, 1.54) is 18.9 Å². The summed E-state index contributed by atoms with van der Waals surface area (Å²) in [4.78, 5) is 23.8. The SMILES string of the molecule is CC(C(=O)O)N(C)C(=O)NC1CC2CCC1O2. The fraction of sp³-hybridized carbons (Fsp3) is 0.818. The fourth-order valence-corrected chi connectivity index (χ4v) is 2.39. The van der Waals surface area contributed by atoms with Gasteiger partial charge in [-0.1, -0.05) is 0 Å². The second-order valence-electron chi connectivity index (χ2n) is 4.79. The van der Waals surface area contributed by atoms with Crippen LogP contribution < -0.4 is 5.32 Å². The molecule has 0 aromatic carbocycles. The molecule has 6 nitrogen and oxygen atoms in total. The maximum atomic E-state index is 11.8. The first-order valence-corrected chi connectivity index (χ1v) is 5.90. The minimum absolute atomic E-state index is 0.0321. The van der Waals surface area contributed by atoms with Crippen LogP contribution in [0.15, 0.2) is 0 Å². The number of nitrogens with one attached hydrogen (secondary N) is 1. The lowest BCUT2D eigenvalue weighted by molar-refractivity contribution is -0.141. The number of nitrogens with zero attached hydrogens (tertiary/aromatic N) is 1. The van der Waals surface area contributed by atoms with Crippen molar-refractivity contribution in [2.75, 3.05) is 7.05 Å².